The summed E-state index contributed by atoms with van der Waals surface area (Å²) in [6, 6.07) is 0. The summed E-state index contributed by atoms with van der Waals surface area (Å²) in [6.07, 6.45) is 0. The lowest BCUT2D eigenvalue weighted by atomic mass is 10.4. The van der Waals surface area contributed by atoms with Gasteiger partial charge in [0.15, 0.2) is 5.16 Å². The molecular weight excluding hydrogens is 228 g/mol. The van der Waals surface area contributed by atoms with Crippen LogP contribution in [0.5, 0.6) is 0 Å². The first-order chi connectivity index (χ1) is 7.52. The molecule has 1 aromatic heterocycles. The van der Waals surface area contributed by atoms with Crippen molar-refractivity contribution in [3.05, 3.63) is 0 Å². The normalized spacial score (nSPS) is 12.1. The van der Waals surface area contributed by atoms with E-state index in [1.807, 2.05) is 6.92 Å². The Balaban J connectivity index is 2.69. The minimum Gasteiger partial charge on any atom is -0.368 e. The molecule has 0 spiro atoms. The largest absolute Gasteiger partial charge is 0.368 e. The van der Waals surface area contributed by atoms with E-state index < -0.39 is 0 Å². The highest BCUT2D eigenvalue weighted by molar-refractivity contribution is 8.00. The molecule has 1 atom stereocenters. The van der Waals surface area contributed by atoms with Gasteiger partial charge in [-0.15, -0.1) is 0 Å². The summed E-state index contributed by atoms with van der Waals surface area (Å²) in [5.74, 6) is 0.0289. The number of carbonyl (C=O) groups excluding carboxylic acids is 1. The van der Waals surface area contributed by atoms with Crippen LogP contribution in [-0.2, 0) is 4.79 Å². The molecule has 88 valence electrons. The summed E-state index contributed by atoms with van der Waals surface area (Å²) in [6.45, 7) is 4.20. The summed E-state index contributed by atoms with van der Waals surface area (Å²) >= 11 is 1.19. The van der Waals surface area contributed by atoms with E-state index in [1.165, 1.54) is 11.8 Å². The molecule has 5 N–H and O–H groups in total. The number of aromatic nitrogens is 3. The SMILES string of the molecule is CCNC(=O)[C@@H](C)Sc1nc(N)nc(N)n1. The van der Waals surface area contributed by atoms with Gasteiger partial charge in [-0.1, -0.05) is 11.8 Å². The topological polar surface area (TPSA) is 120 Å². The maximum atomic E-state index is 11.5. The third kappa shape index (κ3) is 3.54. The number of nitrogens with zero attached hydrogens (tertiary/aromatic N) is 3. The average Bonchev–Trinajstić information content (AvgIpc) is 2.16. The van der Waals surface area contributed by atoms with Gasteiger partial charge in [0, 0.05) is 6.54 Å². The van der Waals surface area contributed by atoms with Crippen molar-refractivity contribution < 1.29 is 4.79 Å². The molecule has 8 heteroatoms. The van der Waals surface area contributed by atoms with E-state index >= 15 is 0 Å². The first-order valence-corrected chi connectivity index (χ1v) is 5.62. The number of nitrogens with two attached hydrogens (primary N) is 2. The fourth-order valence-electron chi connectivity index (χ4n) is 0.971. The first-order valence-electron chi connectivity index (χ1n) is 4.74. The summed E-state index contributed by atoms with van der Waals surface area (Å²) in [5, 5.41) is 2.75. The zero-order chi connectivity index (χ0) is 12.1. The smallest absolute Gasteiger partial charge is 0.233 e. The van der Waals surface area contributed by atoms with E-state index in [0.717, 1.165) is 0 Å². The van der Waals surface area contributed by atoms with Crippen LogP contribution in [0.3, 0.4) is 0 Å². The molecule has 0 unspecified atom stereocenters. The van der Waals surface area contributed by atoms with Gasteiger partial charge in [-0.25, -0.2) is 0 Å². The summed E-state index contributed by atoms with van der Waals surface area (Å²) in [5.41, 5.74) is 10.8. The highest BCUT2D eigenvalue weighted by Gasteiger charge is 2.15. The Labute approximate surface area is 97.4 Å². The zero-order valence-electron chi connectivity index (χ0n) is 9.10. The van der Waals surface area contributed by atoms with Gasteiger partial charge >= 0.3 is 0 Å². The zero-order valence-corrected chi connectivity index (χ0v) is 9.91. The Morgan fingerprint density at radius 1 is 1.38 bits per heavy atom. The summed E-state index contributed by atoms with van der Waals surface area (Å²) < 4.78 is 0. The third-order valence-electron chi connectivity index (χ3n) is 1.65. The molecule has 0 radical (unpaired) electrons. The quantitative estimate of drug-likeness (QED) is 0.617. The number of hydrogen-bond donors (Lipinski definition) is 3. The van der Waals surface area contributed by atoms with E-state index in [0.29, 0.717) is 11.7 Å². The van der Waals surface area contributed by atoms with Crippen LogP contribution in [0.15, 0.2) is 5.16 Å². The van der Waals surface area contributed by atoms with Gasteiger partial charge < -0.3 is 16.8 Å². The second-order valence-corrected chi connectivity index (χ2v) is 4.30. The van der Waals surface area contributed by atoms with Gasteiger partial charge in [-0.05, 0) is 13.8 Å². The van der Waals surface area contributed by atoms with Gasteiger partial charge in [0.1, 0.15) is 0 Å². The van der Waals surface area contributed by atoms with Crippen LogP contribution in [0.25, 0.3) is 0 Å². The van der Waals surface area contributed by atoms with Gasteiger partial charge in [0.05, 0.1) is 5.25 Å². The molecule has 7 nitrogen and oxygen atoms in total. The van der Waals surface area contributed by atoms with Crippen molar-refractivity contribution in [2.75, 3.05) is 18.0 Å². The van der Waals surface area contributed by atoms with Gasteiger partial charge in [0.2, 0.25) is 17.8 Å². The van der Waals surface area contributed by atoms with Crippen LogP contribution < -0.4 is 16.8 Å². The van der Waals surface area contributed by atoms with Crippen LogP contribution in [-0.4, -0.2) is 32.7 Å². The molecule has 0 aliphatic heterocycles. The number of carbonyl (C=O) groups is 1. The van der Waals surface area contributed by atoms with Gasteiger partial charge in [-0.2, -0.15) is 15.0 Å². The molecule has 0 bridgehead atoms. The Bertz CT molecular complexity index is 365. The Hall–Kier alpha value is -1.57. The van der Waals surface area contributed by atoms with Crippen molar-refractivity contribution in [2.24, 2.45) is 0 Å². The lowest BCUT2D eigenvalue weighted by Crippen LogP contribution is -2.30. The Morgan fingerprint density at radius 3 is 2.44 bits per heavy atom. The van der Waals surface area contributed by atoms with E-state index in [4.69, 9.17) is 11.5 Å². The van der Waals surface area contributed by atoms with E-state index in [-0.39, 0.29) is 23.1 Å². The van der Waals surface area contributed by atoms with Crippen molar-refractivity contribution in [3.63, 3.8) is 0 Å². The molecule has 1 heterocycles. The van der Waals surface area contributed by atoms with Crippen molar-refractivity contribution in [1.29, 1.82) is 0 Å². The highest BCUT2D eigenvalue weighted by Crippen LogP contribution is 2.20. The lowest BCUT2D eigenvalue weighted by molar-refractivity contribution is -0.120. The van der Waals surface area contributed by atoms with Crippen LogP contribution >= 0.6 is 11.8 Å². The molecule has 0 aliphatic rings. The summed E-state index contributed by atoms with van der Waals surface area (Å²) in [7, 11) is 0. The van der Waals surface area contributed by atoms with Crippen molar-refractivity contribution in [3.8, 4) is 0 Å². The van der Waals surface area contributed by atoms with Crippen LogP contribution in [0, 0.1) is 0 Å². The molecule has 1 rings (SSSR count). The number of nitrogens with one attached hydrogen (secondary N) is 1. The minimum atomic E-state index is -0.304. The molecule has 0 saturated heterocycles. The Kier molecular flexibility index (Phi) is 4.29. The maximum Gasteiger partial charge on any atom is 0.233 e. The number of anilines is 2. The van der Waals surface area contributed by atoms with Crippen LogP contribution in [0.4, 0.5) is 11.9 Å². The van der Waals surface area contributed by atoms with E-state index in [9.17, 15) is 4.79 Å². The van der Waals surface area contributed by atoms with Gasteiger partial charge in [-0.3, -0.25) is 4.79 Å². The standard InChI is InChI=1S/C8H14N6OS/c1-3-11-5(15)4(2)16-8-13-6(9)12-7(10)14-8/h4H,3H2,1-2H3,(H,11,15)(H4,9,10,12,13,14)/t4-/m1/s1. The number of rotatable bonds is 4. The second-order valence-electron chi connectivity index (χ2n) is 2.99. The highest BCUT2D eigenvalue weighted by atomic mass is 32.2. The molecule has 1 aromatic rings. The summed E-state index contributed by atoms with van der Waals surface area (Å²) in [4.78, 5) is 22.8. The molecule has 16 heavy (non-hydrogen) atoms. The monoisotopic (exact) mass is 242 g/mol. The van der Waals surface area contributed by atoms with Crippen LogP contribution in [0.1, 0.15) is 13.8 Å². The Morgan fingerprint density at radius 2 is 1.94 bits per heavy atom. The fraction of sp³-hybridized carbons (Fsp3) is 0.500. The number of nitrogen functional groups attached to an aromatic ring is 2. The molecule has 0 saturated carbocycles. The first kappa shape index (κ1) is 12.5. The minimum absolute atomic E-state index is 0.0538. The average molecular weight is 242 g/mol. The van der Waals surface area contributed by atoms with E-state index in [2.05, 4.69) is 20.3 Å². The number of amides is 1. The molecule has 0 aromatic carbocycles. The second kappa shape index (κ2) is 5.50. The number of hydrogen-bond acceptors (Lipinski definition) is 7. The van der Waals surface area contributed by atoms with Crippen LogP contribution in [0.2, 0.25) is 0 Å². The molecule has 1 amide bonds. The van der Waals surface area contributed by atoms with Gasteiger partial charge in [0.25, 0.3) is 0 Å². The predicted molar refractivity (Wildman–Crippen MR) is 62.7 cm³/mol. The lowest BCUT2D eigenvalue weighted by Gasteiger charge is -2.09. The van der Waals surface area contributed by atoms with Crippen molar-refractivity contribution in [1.82, 2.24) is 20.3 Å². The fourth-order valence-corrected chi connectivity index (χ4v) is 1.77. The van der Waals surface area contributed by atoms with E-state index in [1.54, 1.807) is 6.92 Å². The number of thioether (sulfide) groups is 1. The predicted octanol–water partition coefficient (Wildman–Crippen LogP) is -0.347. The third-order valence-corrected chi connectivity index (χ3v) is 2.61. The van der Waals surface area contributed by atoms with Crippen molar-refractivity contribution in [2.45, 2.75) is 24.3 Å². The molecular formula is C8H14N6OS. The molecule has 0 aliphatic carbocycles. The maximum absolute atomic E-state index is 11.5. The van der Waals surface area contributed by atoms with Crippen molar-refractivity contribution >= 4 is 29.6 Å². The molecule has 0 fully saturated rings.